The first-order valence-electron chi connectivity index (χ1n) is 10.9. The molecule has 192 valence electrons. The molecule has 0 bridgehead atoms. The number of imidazole rings is 1. The number of halogens is 3. The van der Waals surface area contributed by atoms with Crippen LogP contribution in [0.4, 0.5) is 23.8 Å². The van der Waals surface area contributed by atoms with Crippen LogP contribution in [0.5, 0.6) is 0 Å². The van der Waals surface area contributed by atoms with Crippen LogP contribution < -0.4 is 5.32 Å². The Kier molecular flexibility index (Phi) is 7.80. The van der Waals surface area contributed by atoms with Crippen LogP contribution >= 0.6 is 0 Å². The molecule has 0 radical (unpaired) electrons. The lowest BCUT2D eigenvalue weighted by Gasteiger charge is -2.27. The van der Waals surface area contributed by atoms with Crippen LogP contribution in [0.3, 0.4) is 0 Å². The number of likely N-dealkylation sites (tertiary alicyclic amines) is 1. The zero-order valence-corrected chi connectivity index (χ0v) is 19.8. The number of fused-ring (bicyclic) bond motifs is 1. The highest BCUT2D eigenvalue weighted by Crippen LogP contribution is 2.33. The number of amides is 3. The van der Waals surface area contributed by atoms with Gasteiger partial charge in [-0.05, 0) is 43.5 Å². The topological polar surface area (TPSA) is 120 Å². The van der Waals surface area contributed by atoms with Gasteiger partial charge < -0.3 is 24.6 Å². The molecule has 0 aromatic carbocycles. The molecule has 1 fully saturated rings. The first kappa shape index (κ1) is 26.4. The van der Waals surface area contributed by atoms with E-state index in [4.69, 9.17) is 9.90 Å². The van der Waals surface area contributed by atoms with Gasteiger partial charge in [-0.3, -0.25) is 4.79 Å². The molecule has 0 aliphatic carbocycles. The van der Waals surface area contributed by atoms with Crippen molar-refractivity contribution >= 4 is 29.2 Å². The summed E-state index contributed by atoms with van der Waals surface area (Å²) in [6.07, 6.45) is 0.222. The number of hydrogen-bond donors (Lipinski definition) is 2. The molecule has 36 heavy (non-hydrogen) atoms. The number of aromatic nitrogens is 3. The Balaban J connectivity index is 0.000000454. The van der Waals surface area contributed by atoms with Gasteiger partial charge in [-0.15, -0.1) is 0 Å². The number of nitrogens with one attached hydrogen (secondary N) is 1. The van der Waals surface area contributed by atoms with Gasteiger partial charge in [-0.25, -0.2) is 19.6 Å². The fraction of sp³-hybridized carbons (Fsp3) is 0.348. The van der Waals surface area contributed by atoms with E-state index >= 15 is 0 Å². The summed E-state index contributed by atoms with van der Waals surface area (Å²) in [6.45, 7) is 2.62. The van der Waals surface area contributed by atoms with Crippen molar-refractivity contribution in [3.05, 3.63) is 59.8 Å². The van der Waals surface area contributed by atoms with Gasteiger partial charge >= 0.3 is 18.2 Å². The number of carbonyl (C=O) groups is 3. The third kappa shape index (κ3) is 5.90. The quantitative estimate of drug-likeness (QED) is 0.559. The van der Waals surface area contributed by atoms with Gasteiger partial charge in [-0.1, -0.05) is 12.1 Å². The minimum atomic E-state index is -5.08. The van der Waals surface area contributed by atoms with Gasteiger partial charge in [0.05, 0.1) is 11.6 Å². The Hall–Kier alpha value is -4.16. The Labute approximate surface area is 204 Å². The van der Waals surface area contributed by atoms with Crippen molar-refractivity contribution in [2.45, 2.75) is 32.0 Å². The van der Waals surface area contributed by atoms with E-state index in [9.17, 15) is 22.8 Å². The standard InChI is InChI=1S/C21H24N6O2.C2HF3O2/c1-14-9-10-17(22-13-14)23-20(28)18-15-7-4-5-11-26(15)19(24-18)16-8-6-12-27(16)21(29)25(2)3;3-2(4,5)1(6)7/h4-5,7,9-11,13,16H,6,8,12H2,1-3H3,(H,22,23,28);(H,6,7). The van der Waals surface area contributed by atoms with Crippen LogP contribution in [-0.2, 0) is 4.79 Å². The van der Waals surface area contributed by atoms with E-state index in [1.165, 1.54) is 0 Å². The van der Waals surface area contributed by atoms with Crippen LogP contribution in [0.25, 0.3) is 5.52 Å². The van der Waals surface area contributed by atoms with Gasteiger partial charge in [0.25, 0.3) is 5.91 Å². The lowest BCUT2D eigenvalue weighted by atomic mass is 10.2. The van der Waals surface area contributed by atoms with Crippen molar-refractivity contribution < 1.29 is 32.7 Å². The number of hydrogen-bond acceptors (Lipinski definition) is 5. The molecule has 3 amide bonds. The number of aryl methyl sites for hydroxylation is 1. The Morgan fingerprint density at radius 3 is 2.44 bits per heavy atom. The lowest BCUT2D eigenvalue weighted by Crippen LogP contribution is -2.39. The number of nitrogens with zero attached hydrogens (tertiary/aromatic N) is 5. The predicted molar refractivity (Wildman–Crippen MR) is 124 cm³/mol. The molecule has 0 saturated carbocycles. The molecule has 4 rings (SSSR count). The van der Waals surface area contributed by atoms with Crippen LogP contribution in [0.1, 0.15) is 40.8 Å². The molecule has 3 aromatic rings. The highest BCUT2D eigenvalue weighted by molar-refractivity contribution is 6.07. The summed E-state index contributed by atoms with van der Waals surface area (Å²) in [6, 6.07) is 9.08. The number of rotatable bonds is 3. The fourth-order valence-corrected chi connectivity index (χ4v) is 3.70. The average Bonchev–Trinajstić information content (AvgIpc) is 3.44. The summed E-state index contributed by atoms with van der Waals surface area (Å²) < 4.78 is 33.6. The van der Waals surface area contributed by atoms with Crippen molar-refractivity contribution in [3.63, 3.8) is 0 Å². The van der Waals surface area contributed by atoms with E-state index in [0.29, 0.717) is 29.4 Å². The van der Waals surface area contributed by atoms with Gasteiger partial charge in [-0.2, -0.15) is 13.2 Å². The maximum absolute atomic E-state index is 12.9. The third-order valence-corrected chi connectivity index (χ3v) is 5.37. The monoisotopic (exact) mass is 506 g/mol. The molecule has 4 heterocycles. The highest BCUT2D eigenvalue weighted by Gasteiger charge is 2.38. The summed E-state index contributed by atoms with van der Waals surface area (Å²) in [7, 11) is 3.49. The van der Waals surface area contributed by atoms with Crippen LogP contribution in [0.2, 0.25) is 0 Å². The highest BCUT2D eigenvalue weighted by atomic mass is 19.4. The Morgan fingerprint density at radius 1 is 1.17 bits per heavy atom. The van der Waals surface area contributed by atoms with Gasteiger partial charge in [0, 0.05) is 33.0 Å². The maximum atomic E-state index is 12.9. The smallest absolute Gasteiger partial charge is 0.475 e. The summed E-state index contributed by atoms with van der Waals surface area (Å²) >= 11 is 0. The molecular formula is C23H25F3N6O4. The van der Waals surface area contributed by atoms with Crippen molar-refractivity contribution in [1.82, 2.24) is 24.2 Å². The number of aliphatic carboxylic acids is 1. The number of alkyl halides is 3. The van der Waals surface area contributed by atoms with E-state index in [1.807, 2.05) is 46.7 Å². The van der Waals surface area contributed by atoms with E-state index in [0.717, 1.165) is 18.4 Å². The zero-order chi connectivity index (χ0) is 26.6. The lowest BCUT2D eigenvalue weighted by molar-refractivity contribution is -0.192. The number of urea groups is 1. The second-order valence-electron chi connectivity index (χ2n) is 8.28. The molecular weight excluding hydrogens is 481 g/mol. The van der Waals surface area contributed by atoms with Crippen molar-refractivity contribution in [2.75, 3.05) is 26.0 Å². The molecule has 0 spiro atoms. The van der Waals surface area contributed by atoms with Crippen LogP contribution in [0, 0.1) is 6.92 Å². The summed E-state index contributed by atoms with van der Waals surface area (Å²) in [5, 5.41) is 9.94. The fourth-order valence-electron chi connectivity index (χ4n) is 3.70. The first-order valence-corrected chi connectivity index (χ1v) is 10.9. The minimum Gasteiger partial charge on any atom is -0.475 e. The molecule has 3 aromatic heterocycles. The third-order valence-electron chi connectivity index (χ3n) is 5.37. The van der Waals surface area contributed by atoms with Crippen LogP contribution in [0.15, 0.2) is 42.7 Å². The summed E-state index contributed by atoms with van der Waals surface area (Å²) in [5.41, 5.74) is 2.05. The molecule has 13 heteroatoms. The average molecular weight is 506 g/mol. The molecule has 1 saturated heterocycles. The molecule has 1 unspecified atom stereocenters. The second-order valence-corrected chi connectivity index (χ2v) is 8.28. The van der Waals surface area contributed by atoms with Crippen LogP contribution in [-0.4, -0.2) is 74.0 Å². The number of carboxylic acid groups (broad SMARTS) is 1. The van der Waals surface area contributed by atoms with E-state index in [1.54, 1.807) is 31.3 Å². The molecule has 2 N–H and O–H groups in total. The van der Waals surface area contributed by atoms with Crippen molar-refractivity contribution in [2.24, 2.45) is 0 Å². The number of anilines is 1. The largest absolute Gasteiger partial charge is 0.490 e. The van der Waals surface area contributed by atoms with Gasteiger partial charge in [0.2, 0.25) is 0 Å². The molecule has 1 aliphatic rings. The van der Waals surface area contributed by atoms with Crippen molar-refractivity contribution in [1.29, 1.82) is 0 Å². The van der Waals surface area contributed by atoms with E-state index in [2.05, 4.69) is 15.3 Å². The summed E-state index contributed by atoms with van der Waals surface area (Å²) in [4.78, 5) is 46.8. The van der Waals surface area contributed by atoms with E-state index < -0.39 is 12.1 Å². The summed E-state index contributed by atoms with van der Waals surface area (Å²) in [5.74, 6) is -1.90. The molecule has 1 atom stereocenters. The first-order chi connectivity index (χ1) is 16.9. The molecule has 10 nitrogen and oxygen atoms in total. The minimum absolute atomic E-state index is 0.0463. The van der Waals surface area contributed by atoms with E-state index in [-0.39, 0.29) is 18.0 Å². The normalized spacial score (nSPS) is 15.3. The number of carboxylic acids is 1. The zero-order valence-electron chi connectivity index (χ0n) is 19.8. The number of carbonyl (C=O) groups excluding carboxylic acids is 2. The Bertz CT molecular complexity index is 1260. The maximum Gasteiger partial charge on any atom is 0.490 e. The van der Waals surface area contributed by atoms with Gasteiger partial charge in [0.1, 0.15) is 11.6 Å². The van der Waals surface area contributed by atoms with Gasteiger partial charge in [0.15, 0.2) is 5.69 Å². The SMILES string of the molecule is Cc1ccc(NC(=O)c2nc(C3CCCN3C(=O)N(C)C)n3ccccc23)nc1.O=C(O)C(F)(F)F. The number of pyridine rings is 2. The predicted octanol–water partition coefficient (Wildman–Crippen LogP) is 3.74. The Morgan fingerprint density at radius 2 is 1.86 bits per heavy atom. The second kappa shape index (κ2) is 10.6. The molecule has 1 aliphatic heterocycles. The van der Waals surface area contributed by atoms with Crippen molar-refractivity contribution in [3.8, 4) is 0 Å².